The van der Waals surface area contributed by atoms with Crippen LogP contribution in [0, 0.1) is 0 Å². The van der Waals surface area contributed by atoms with Gasteiger partial charge >= 0.3 is 11.9 Å². The third-order valence-electron chi connectivity index (χ3n) is 15.9. The summed E-state index contributed by atoms with van der Waals surface area (Å²) in [6, 6.07) is 0. The minimum atomic E-state index is -0.775. The molecule has 82 heavy (non-hydrogen) atoms. The zero-order valence-electron chi connectivity index (χ0n) is 54.5. The molecule has 1 atom stereocenters. The first-order valence-electron chi connectivity index (χ1n) is 35.8. The van der Waals surface area contributed by atoms with E-state index in [-0.39, 0.29) is 25.2 Å². The number of hydrogen-bond donors (Lipinski definition) is 1. The summed E-state index contributed by atoms with van der Waals surface area (Å²) < 4.78 is 10.8. The maximum atomic E-state index is 12.4. The van der Waals surface area contributed by atoms with Crippen LogP contribution in [0.3, 0.4) is 0 Å². The second-order valence-electron chi connectivity index (χ2n) is 23.9. The van der Waals surface area contributed by atoms with Crippen LogP contribution >= 0.6 is 0 Å². The molecule has 0 saturated carbocycles. The highest BCUT2D eigenvalue weighted by Crippen LogP contribution is 2.18. The van der Waals surface area contributed by atoms with Crippen molar-refractivity contribution in [3.05, 3.63) is 97.2 Å². The summed E-state index contributed by atoms with van der Waals surface area (Å²) in [5.41, 5.74) is 0. The second-order valence-corrected chi connectivity index (χ2v) is 23.9. The lowest BCUT2D eigenvalue weighted by atomic mass is 10.0. The molecule has 0 saturated heterocycles. The van der Waals surface area contributed by atoms with Crippen molar-refractivity contribution in [1.29, 1.82) is 0 Å². The van der Waals surface area contributed by atoms with Gasteiger partial charge in [0, 0.05) is 12.8 Å². The highest BCUT2D eigenvalue weighted by atomic mass is 16.6. The molecule has 1 N–H and O–H groups in total. The highest BCUT2D eigenvalue weighted by molar-refractivity contribution is 5.70. The van der Waals surface area contributed by atoms with Crippen LogP contribution in [-0.4, -0.2) is 36.4 Å². The molecule has 0 aromatic rings. The Morgan fingerprint density at radius 3 is 0.793 bits per heavy atom. The molecule has 0 fully saturated rings. The molecule has 0 aliphatic rings. The molecule has 0 bridgehead atoms. The highest BCUT2D eigenvalue weighted by Gasteiger charge is 2.16. The van der Waals surface area contributed by atoms with E-state index < -0.39 is 6.10 Å². The van der Waals surface area contributed by atoms with Gasteiger partial charge in [0.15, 0.2) is 6.10 Å². The second kappa shape index (κ2) is 72.1. The molecule has 0 radical (unpaired) electrons. The van der Waals surface area contributed by atoms with Crippen molar-refractivity contribution in [2.24, 2.45) is 0 Å². The number of allylic oxidation sites excluding steroid dienone is 16. The van der Waals surface area contributed by atoms with Gasteiger partial charge in [-0.25, -0.2) is 0 Å². The Bertz CT molecular complexity index is 1530. The molecule has 0 rings (SSSR count). The quantitative estimate of drug-likeness (QED) is 0.0373. The molecular formula is C77H136O5. The van der Waals surface area contributed by atoms with Crippen LogP contribution in [0.5, 0.6) is 0 Å². The van der Waals surface area contributed by atoms with Gasteiger partial charge in [0.1, 0.15) is 6.61 Å². The lowest BCUT2D eigenvalue weighted by molar-refractivity contribution is -0.161. The zero-order valence-corrected chi connectivity index (χ0v) is 54.5. The number of hydrogen-bond acceptors (Lipinski definition) is 5. The van der Waals surface area contributed by atoms with E-state index in [1.807, 2.05) is 0 Å². The molecule has 0 aliphatic carbocycles. The number of aliphatic hydroxyl groups is 1. The number of aliphatic hydroxyl groups excluding tert-OH is 1. The fraction of sp³-hybridized carbons (Fsp3) is 0.766. The minimum Gasteiger partial charge on any atom is -0.462 e. The van der Waals surface area contributed by atoms with Crippen molar-refractivity contribution in [1.82, 2.24) is 0 Å². The number of esters is 2. The minimum absolute atomic E-state index is 0.0647. The molecule has 0 amide bonds. The first-order valence-corrected chi connectivity index (χ1v) is 35.8. The first-order chi connectivity index (χ1) is 40.6. The van der Waals surface area contributed by atoms with E-state index in [0.29, 0.717) is 12.8 Å². The number of ether oxygens (including phenoxy) is 2. The Morgan fingerprint density at radius 1 is 0.293 bits per heavy atom. The van der Waals surface area contributed by atoms with E-state index in [4.69, 9.17) is 9.47 Å². The summed E-state index contributed by atoms with van der Waals surface area (Å²) in [5.74, 6) is -0.576. The summed E-state index contributed by atoms with van der Waals surface area (Å²) in [4.78, 5) is 24.7. The monoisotopic (exact) mass is 1140 g/mol. The molecule has 0 aromatic heterocycles. The van der Waals surface area contributed by atoms with E-state index in [9.17, 15) is 14.7 Å². The van der Waals surface area contributed by atoms with Crippen LogP contribution < -0.4 is 0 Å². The fourth-order valence-electron chi connectivity index (χ4n) is 10.5. The SMILES string of the molecule is CC/C=C\C/C=C\C/C=C\C/C=C\C/C=C\CCCCCCCCCCCCCCCCCCCCCCCCCC(=O)OC(CO)COC(=O)CCCCCCCCCCCCCCCC/C=C\C/C=C\C/C=C\CCCCCCC. The van der Waals surface area contributed by atoms with Crippen molar-refractivity contribution in [2.45, 2.75) is 367 Å². The molecule has 0 aromatic carbocycles. The topological polar surface area (TPSA) is 72.8 Å². The van der Waals surface area contributed by atoms with Crippen molar-refractivity contribution in [2.75, 3.05) is 13.2 Å². The lowest BCUT2D eigenvalue weighted by Crippen LogP contribution is -2.28. The molecule has 5 heteroatoms. The van der Waals surface area contributed by atoms with Crippen LogP contribution in [0.2, 0.25) is 0 Å². The Balaban J connectivity index is 3.42. The van der Waals surface area contributed by atoms with Crippen LogP contribution in [0.1, 0.15) is 361 Å². The Morgan fingerprint density at radius 2 is 0.524 bits per heavy atom. The van der Waals surface area contributed by atoms with Gasteiger partial charge in [-0.1, -0.05) is 349 Å². The van der Waals surface area contributed by atoms with Gasteiger partial charge in [-0.05, 0) is 96.3 Å². The van der Waals surface area contributed by atoms with E-state index in [1.165, 1.54) is 250 Å². The summed E-state index contributed by atoms with van der Waals surface area (Å²) in [6.45, 7) is 4.05. The van der Waals surface area contributed by atoms with E-state index in [1.54, 1.807) is 0 Å². The van der Waals surface area contributed by atoms with Crippen LogP contribution in [0.4, 0.5) is 0 Å². The maximum Gasteiger partial charge on any atom is 0.306 e. The first kappa shape index (κ1) is 78.8. The standard InChI is InChI=1S/C77H136O5/c1-3-5-7-9-11-13-15-17-19-21-23-25-27-29-31-33-34-35-36-37-38-39-40-41-42-44-46-48-50-52-54-56-58-60-62-64-66-68-70-72-77(80)82-75(73-78)74-81-76(79)71-69-67-65-63-61-59-57-55-53-51-49-47-45-43-32-30-28-26-24-22-20-18-16-14-12-10-8-6-4-2/h5,7,11,13,16-19,22-25,28-31,75,78H,3-4,6,8-10,12,14-15,20-21,26-27,32-74H2,1-2H3/b7-5-,13-11-,18-16-,19-17-,24-22-,25-23-,30-28-,31-29-. The number of carbonyl (C=O) groups is 2. The van der Waals surface area contributed by atoms with Crippen molar-refractivity contribution >= 4 is 11.9 Å². The summed E-state index contributed by atoms with van der Waals surface area (Å²) in [5, 5.41) is 9.71. The molecule has 0 aliphatic heterocycles. The van der Waals surface area contributed by atoms with Gasteiger partial charge < -0.3 is 14.6 Å². The number of unbranched alkanes of at least 4 members (excludes halogenated alkanes) is 42. The third-order valence-corrected chi connectivity index (χ3v) is 15.9. The van der Waals surface area contributed by atoms with E-state index in [2.05, 4.69) is 111 Å². The Kier molecular flexibility index (Phi) is 69.3. The van der Waals surface area contributed by atoms with Gasteiger partial charge in [-0.2, -0.15) is 0 Å². The molecule has 0 heterocycles. The normalized spacial score (nSPS) is 12.8. The fourth-order valence-corrected chi connectivity index (χ4v) is 10.5. The Hall–Kier alpha value is -3.18. The zero-order chi connectivity index (χ0) is 59.1. The average molecular weight is 1140 g/mol. The number of carbonyl (C=O) groups excluding carboxylic acids is 2. The van der Waals surface area contributed by atoms with Gasteiger partial charge in [-0.15, -0.1) is 0 Å². The predicted octanol–water partition coefficient (Wildman–Crippen LogP) is 25.0. The van der Waals surface area contributed by atoms with E-state index >= 15 is 0 Å². The van der Waals surface area contributed by atoms with Gasteiger partial charge in [-0.3, -0.25) is 9.59 Å². The molecule has 474 valence electrons. The van der Waals surface area contributed by atoms with Crippen molar-refractivity contribution < 1.29 is 24.2 Å². The predicted molar refractivity (Wildman–Crippen MR) is 362 cm³/mol. The van der Waals surface area contributed by atoms with Crippen LogP contribution in [0.15, 0.2) is 97.2 Å². The largest absolute Gasteiger partial charge is 0.462 e. The summed E-state index contributed by atoms with van der Waals surface area (Å²) in [6.07, 6.45) is 103. The Labute approximate surface area is 510 Å². The average Bonchev–Trinajstić information content (AvgIpc) is 3.49. The summed E-state index contributed by atoms with van der Waals surface area (Å²) in [7, 11) is 0. The molecule has 5 nitrogen and oxygen atoms in total. The van der Waals surface area contributed by atoms with Gasteiger partial charge in [0.2, 0.25) is 0 Å². The number of rotatable bonds is 66. The van der Waals surface area contributed by atoms with Crippen molar-refractivity contribution in [3.8, 4) is 0 Å². The maximum absolute atomic E-state index is 12.4. The lowest BCUT2D eigenvalue weighted by Gasteiger charge is -2.15. The van der Waals surface area contributed by atoms with Gasteiger partial charge in [0.25, 0.3) is 0 Å². The van der Waals surface area contributed by atoms with Crippen LogP contribution in [0.25, 0.3) is 0 Å². The molecular weight excluding hydrogens is 1000 g/mol. The van der Waals surface area contributed by atoms with Gasteiger partial charge in [0.05, 0.1) is 6.61 Å². The van der Waals surface area contributed by atoms with Crippen LogP contribution in [-0.2, 0) is 19.1 Å². The third kappa shape index (κ3) is 69.3. The molecule has 1 unspecified atom stereocenters. The van der Waals surface area contributed by atoms with E-state index in [0.717, 1.165) is 83.5 Å². The summed E-state index contributed by atoms with van der Waals surface area (Å²) >= 11 is 0. The molecule has 0 spiro atoms. The smallest absolute Gasteiger partial charge is 0.306 e. The van der Waals surface area contributed by atoms with Crippen molar-refractivity contribution in [3.63, 3.8) is 0 Å².